The van der Waals surface area contributed by atoms with Gasteiger partial charge in [-0.2, -0.15) is 0 Å². The van der Waals surface area contributed by atoms with E-state index < -0.39 is 6.03 Å². The smallest absolute Gasteiger partial charge is 0.325 e. The van der Waals surface area contributed by atoms with Crippen molar-refractivity contribution in [1.82, 2.24) is 10.2 Å². The van der Waals surface area contributed by atoms with Crippen LogP contribution in [0.5, 0.6) is 11.5 Å². The Balaban J connectivity index is 1.30. The number of anilines is 1. The summed E-state index contributed by atoms with van der Waals surface area (Å²) in [6.07, 6.45) is 2.17. The molecule has 1 fully saturated rings. The van der Waals surface area contributed by atoms with Gasteiger partial charge in [-0.3, -0.25) is 15.0 Å². The molecule has 0 bridgehead atoms. The van der Waals surface area contributed by atoms with Gasteiger partial charge in [0.2, 0.25) is 12.7 Å². The minimum absolute atomic E-state index is 0.168. The summed E-state index contributed by atoms with van der Waals surface area (Å²) < 4.78 is 10.5. The minimum Gasteiger partial charge on any atom is -0.454 e. The second-order valence-electron chi connectivity index (χ2n) is 7.19. The van der Waals surface area contributed by atoms with Crippen LogP contribution in [0.15, 0.2) is 42.5 Å². The molecule has 4 rings (SSSR count). The molecule has 0 spiro atoms. The molecular formula is C21H23N3O4. The van der Waals surface area contributed by atoms with Crippen molar-refractivity contribution in [2.45, 2.75) is 32.4 Å². The zero-order chi connectivity index (χ0) is 19.5. The van der Waals surface area contributed by atoms with E-state index in [9.17, 15) is 9.59 Å². The number of hydrogen-bond donors (Lipinski definition) is 2. The number of carbonyl (C=O) groups excluding carboxylic acids is 2. The lowest BCUT2D eigenvalue weighted by molar-refractivity contribution is -0.121. The number of amides is 3. The summed E-state index contributed by atoms with van der Waals surface area (Å²) >= 11 is 0. The molecule has 3 amide bonds. The Labute approximate surface area is 163 Å². The first-order valence-electron chi connectivity index (χ1n) is 9.37. The molecule has 2 aliphatic rings. The Morgan fingerprint density at radius 3 is 2.57 bits per heavy atom. The summed E-state index contributed by atoms with van der Waals surface area (Å²) in [5.74, 6) is 0.887. The second-order valence-corrected chi connectivity index (χ2v) is 7.19. The van der Waals surface area contributed by atoms with Crippen molar-refractivity contribution in [1.29, 1.82) is 0 Å². The Kier molecular flexibility index (Phi) is 5.16. The van der Waals surface area contributed by atoms with Gasteiger partial charge < -0.3 is 14.8 Å². The zero-order valence-electron chi connectivity index (χ0n) is 15.7. The number of rotatable bonds is 6. The number of fused-ring (bicyclic) bond motifs is 1. The molecule has 1 saturated carbocycles. The maximum atomic E-state index is 12.4. The van der Waals surface area contributed by atoms with E-state index in [4.69, 9.17) is 9.47 Å². The molecule has 0 unspecified atom stereocenters. The molecule has 0 radical (unpaired) electrons. The number of benzene rings is 2. The quantitative estimate of drug-likeness (QED) is 0.804. The van der Waals surface area contributed by atoms with Gasteiger partial charge in [-0.15, -0.1) is 0 Å². The Bertz CT molecular complexity index is 878. The van der Waals surface area contributed by atoms with Crippen LogP contribution in [0, 0.1) is 6.92 Å². The zero-order valence-corrected chi connectivity index (χ0v) is 15.7. The molecule has 28 heavy (non-hydrogen) atoms. The van der Waals surface area contributed by atoms with E-state index in [1.54, 1.807) is 18.2 Å². The highest BCUT2D eigenvalue weighted by Crippen LogP contribution is 2.34. The van der Waals surface area contributed by atoms with E-state index in [0.717, 1.165) is 18.4 Å². The van der Waals surface area contributed by atoms with Crippen LogP contribution < -0.4 is 20.1 Å². The predicted octanol–water partition coefficient (Wildman–Crippen LogP) is 3.04. The molecule has 2 aromatic carbocycles. The molecule has 2 aromatic rings. The summed E-state index contributed by atoms with van der Waals surface area (Å²) in [7, 11) is 0. The molecule has 0 saturated heterocycles. The van der Waals surface area contributed by atoms with Gasteiger partial charge in [-0.1, -0.05) is 29.8 Å². The van der Waals surface area contributed by atoms with Crippen molar-refractivity contribution < 1.29 is 19.1 Å². The number of imide groups is 1. The van der Waals surface area contributed by atoms with E-state index in [1.165, 1.54) is 5.56 Å². The highest BCUT2D eigenvalue weighted by atomic mass is 16.7. The lowest BCUT2D eigenvalue weighted by Gasteiger charge is -2.21. The first kappa shape index (κ1) is 18.3. The van der Waals surface area contributed by atoms with E-state index in [-0.39, 0.29) is 19.2 Å². The molecular weight excluding hydrogens is 358 g/mol. The largest absolute Gasteiger partial charge is 0.454 e. The molecule has 7 nitrogen and oxygen atoms in total. The van der Waals surface area contributed by atoms with Crippen molar-refractivity contribution in [3.05, 3.63) is 53.6 Å². The first-order chi connectivity index (χ1) is 13.6. The maximum absolute atomic E-state index is 12.4. The summed E-state index contributed by atoms with van der Waals surface area (Å²) in [5, 5.41) is 5.05. The van der Waals surface area contributed by atoms with Crippen LogP contribution in [0.2, 0.25) is 0 Å². The fraction of sp³-hybridized carbons (Fsp3) is 0.333. The van der Waals surface area contributed by atoms with Crippen molar-refractivity contribution in [2.75, 3.05) is 18.7 Å². The van der Waals surface area contributed by atoms with Gasteiger partial charge in [-0.25, -0.2) is 4.79 Å². The average molecular weight is 381 g/mol. The Hall–Kier alpha value is -3.06. The highest BCUT2D eigenvalue weighted by molar-refractivity contribution is 6.01. The third kappa shape index (κ3) is 4.61. The molecule has 1 aliphatic carbocycles. The number of aryl methyl sites for hydroxylation is 1. The number of nitrogens with zero attached hydrogens (tertiary/aromatic N) is 1. The number of hydrogen-bond acceptors (Lipinski definition) is 5. The number of nitrogens with one attached hydrogen (secondary N) is 2. The normalized spacial score (nSPS) is 14.8. The van der Waals surface area contributed by atoms with Gasteiger partial charge in [0.25, 0.3) is 0 Å². The van der Waals surface area contributed by atoms with E-state index in [1.807, 2.05) is 0 Å². The topological polar surface area (TPSA) is 79.9 Å². The monoisotopic (exact) mass is 381 g/mol. The lowest BCUT2D eigenvalue weighted by atomic mass is 10.1. The summed E-state index contributed by atoms with van der Waals surface area (Å²) in [4.78, 5) is 26.6. The van der Waals surface area contributed by atoms with Crippen LogP contribution in [0.25, 0.3) is 0 Å². The van der Waals surface area contributed by atoms with Crippen LogP contribution in [-0.2, 0) is 11.3 Å². The first-order valence-corrected chi connectivity index (χ1v) is 9.37. The van der Waals surface area contributed by atoms with Gasteiger partial charge >= 0.3 is 6.03 Å². The average Bonchev–Trinajstić information content (AvgIpc) is 3.41. The van der Waals surface area contributed by atoms with E-state index in [2.05, 4.69) is 46.7 Å². The third-order valence-corrected chi connectivity index (χ3v) is 4.80. The van der Waals surface area contributed by atoms with Crippen LogP contribution in [0.3, 0.4) is 0 Å². The van der Waals surface area contributed by atoms with Gasteiger partial charge in [0.15, 0.2) is 11.5 Å². The lowest BCUT2D eigenvalue weighted by Crippen LogP contribution is -2.42. The fourth-order valence-electron chi connectivity index (χ4n) is 3.17. The van der Waals surface area contributed by atoms with Gasteiger partial charge in [0.1, 0.15) is 0 Å². The van der Waals surface area contributed by atoms with Crippen molar-refractivity contribution in [3.63, 3.8) is 0 Å². The Morgan fingerprint density at radius 2 is 1.82 bits per heavy atom. The SMILES string of the molecule is Cc1ccc(CN(CC(=O)NC(=O)Nc2ccc3c(c2)OCO3)C2CC2)cc1. The van der Waals surface area contributed by atoms with E-state index in [0.29, 0.717) is 29.8 Å². The minimum atomic E-state index is -0.560. The maximum Gasteiger partial charge on any atom is 0.325 e. The Morgan fingerprint density at radius 1 is 1.07 bits per heavy atom. The number of urea groups is 1. The molecule has 1 aliphatic heterocycles. The van der Waals surface area contributed by atoms with Crippen LogP contribution in [0.4, 0.5) is 10.5 Å². The summed E-state index contributed by atoms with van der Waals surface area (Å²) in [5.41, 5.74) is 2.91. The third-order valence-electron chi connectivity index (χ3n) is 4.80. The van der Waals surface area contributed by atoms with Gasteiger partial charge in [0.05, 0.1) is 6.54 Å². The standard InChI is InChI=1S/C21H23N3O4/c1-14-2-4-15(5-3-14)11-24(17-7-8-17)12-20(25)23-21(26)22-16-6-9-18-19(10-16)28-13-27-18/h2-6,9-10,17H,7-8,11-13H2,1H3,(H2,22,23,25,26). The van der Waals surface area contributed by atoms with Crippen molar-refractivity contribution in [3.8, 4) is 11.5 Å². The highest BCUT2D eigenvalue weighted by Gasteiger charge is 2.30. The van der Waals surface area contributed by atoms with Crippen LogP contribution in [0.1, 0.15) is 24.0 Å². The van der Waals surface area contributed by atoms with Crippen LogP contribution in [-0.4, -0.2) is 36.2 Å². The van der Waals surface area contributed by atoms with Crippen molar-refractivity contribution >= 4 is 17.6 Å². The predicted molar refractivity (Wildman–Crippen MR) is 104 cm³/mol. The molecule has 7 heteroatoms. The van der Waals surface area contributed by atoms with Crippen molar-refractivity contribution in [2.24, 2.45) is 0 Å². The molecule has 1 heterocycles. The number of ether oxygens (including phenoxy) is 2. The molecule has 146 valence electrons. The molecule has 0 atom stereocenters. The second kappa shape index (κ2) is 7.90. The molecule has 2 N–H and O–H groups in total. The van der Waals surface area contributed by atoms with Gasteiger partial charge in [-0.05, 0) is 37.5 Å². The van der Waals surface area contributed by atoms with E-state index >= 15 is 0 Å². The van der Waals surface area contributed by atoms with Gasteiger partial charge in [0, 0.05) is 24.3 Å². The fourth-order valence-corrected chi connectivity index (χ4v) is 3.17. The summed E-state index contributed by atoms with van der Waals surface area (Å²) in [6.45, 7) is 3.10. The molecule has 0 aromatic heterocycles. The summed E-state index contributed by atoms with van der Waals surface area (Å²) in [6, 6.07) is 13.2. The van der Waals surface area contributed by atoms with Crippen LogP contribution >= 0.6 is 0 Å². The number of carbonyl (C=O) groups is 2.